The van der Waals surface area contributed by atoms with Gasteiger partial charge in [-0.2, -0.15) is 5.26 Å². The molecule has 3 rings (SSSR count). The van der Waals surface area contributed by atoms with Crippen LogP contribution in [0.3, 0.4) is 0 Å². The molecule has 0 radical (unpaired) electrons. The van der Waals surface area contributed by atoms with E-state index < -0.39 is 0 Å². The van der Waals surface area contributed by atoms with Crippen LogP contribution in [0.2, 0.25) is 0 Å². The molecule has 4 heteroatoms. The maximum Gasteiger partial charge on any atom is 0.121 e. The van der Waals surface area contributed by atoms with Crippen LogP contribution in [0.15, 0.2) is 18.2 Å². The van der Waals surface area contributed by atoms with Gasteiger partial charge < -0.3 is 15.0 Å². The Balaban J connectivity index is 1.87. The monoisotopic (exact) mass is 285 g/mol. The smallest absolute Gasteiger partial charge is 0.121 e. The minimum Gasteiger partial charge on any atom is -0.497 e. The molecular formula is C17H23N3O. The van der Waals surface area contributed by atoms with Crippen molar-refractivity contribution in [2.45, 2.75) is 25.7 Å². The van der Waals surface area contributed by atoms with Gasteiger partial charge >= 0.3 is 0 Å². The Kier molecular flexibility index (Phi) is 4.03. The van der Waals surface area contributed by atoms with Gasteiger partial charge in [0.25, 0.3) is 0 Å². The number of benzene rings is 1. The van der Waals surface area contributed by atoms with E-state index in [4.69, 9.17) is 4.74 Å². The zero-order valence-electron chi connectivity index (χ0n) is 12.7. The number of nitrogens with zero attached hydrogens (tertiary/aromatic N) is 2. The first-order chi connectivity index (χ1) is 10.3. The number of methoxy groups -OCH3 is 1. The largest absolute Gasteiger partial charge is 0.497 e. The number of hydrogen-bond acceptors (Lipinski definition) is 4. The van der Waals surface area contributed by atoms with Gasteiger partial charge in [-0.25, -0.2) is 0 Å². The van der Waals surface area contributed by atoms with E-state index in [2.05, 4.69) is 16.3 Å². The predicted octanol–water partition coefficient (Wildman–Crippen LogP) is 2.54. The van der Waals surface area contributed by atoms with Gasteiger partial charge in [-0.3, -0.25) is 0 Å². The van der Waals surface area contributed by atoms with Gasteiger partial charge in [0.1, 0.15) is 11.8 Å². The van der Waals surface area contributed by atoms with E-state index >= 15 is 0 Å². The van der Waals surface area contributed by atoms with Crippen LogP contribution in [0, 0.1) is 16.7 Å². The number of nitrogens with one attached hydrogen (secondary N) is 1. The first-order valence-electron chi connectivity index (χ1n) is 7.80. The van der Waals surface area contributed by atoms with Gasteiger partial charge in [-0.1, -0.05) is 0 Å². The highest BCUT2D eigenvalue weighted by Crippen LogP contribution is 2.39. The Hall–Kier alpha value is -1.73. The maximum absolute atomic E-state index is 9.38. The predicted molar refractivity (Wildman–Crippen MR) is 83.7 cm³/mol. The Labute approximate surface area is 126 Å². The molecule has 0 amide bonds. The molecule has 0 saturated carbocycles. The molecule has 2 aliphatic rings. The van der Waals surface area contributed by atoms with Crippen molar-refractivity contribution < 1.29 is 4.74 Å². The van der Waals surface area contributed by atoms with E-state index in [1.165, 1.54) is 25.7 Å². The number of nitriles is 1. The molecule has 0 bridgehead atoms. The molecule has 1 unspecified atom stereocenters. The van der Waals surface area contributed by atoms with Crippen LogP contribution in [0.5, 0.6) is 5.75 Å². The molecule has 0 aliphatic carbocycles. The van der Waals surface area contributed by atoms with Crippen molar-refractivity contribution in [1.82, 2.24) is 5.32 Å². The average Bonchev–Trinajstić information content (AvgIpc) is 2.55. The lowest BCUT2D eigenvalue weighted by atomic mass is 9.74. The fraction of sp³-hybridized carbons (Fsp3) is 0.588. The molecule has 0 aromatic heterocycles. The van der Waals surface area contributed by atoms with Crippen molar-refractivity contribution in [3.8, 4) is 11.8 Å². The highest BCUT2D eigenvalue weighted by Gasteiger charge is 2.37. The van der Waals surface area contributed by atoms with E-state index in [1.807, 2.05) is 18.2 Å². The number of hydrogen-bond donors (Lipinski definition) is 1. The van der Waals surface area contributed by atoms with Crippen molar-refractivity contribution >= 4 is 5.69 Å². The number of ether oxygens (including phenoxy) is 1. The van der Waals surface area contributed by atoms with E-state index in [9.17, 15) is 5.26 Å². The first kappa shape index (κ1) is 14.2. The van der Waals surface area contributed by atoms with Crippen molar-refractivity contribution in [2.24, 2.45) is 5.41 Å². The van der Waals surface area contributed by atoms with Crippen molar-refractivity contribution in [3.63, 3.8) is 0 Å². The number of rotatable bonds is 2. The summed E-state index contributed by atoms with van der Waals surface area (Å²) in [4.78, 5) is 2.39. The Morgan fingerprint density at radius 1 is 1.33 bits per heavy atom. The minimum absolute atomic E-state index is 0.381. The summed E-state index contributed by atoms with van der Waals surface area (Å²) in [6.07, 6.45) is 5.05. The third-order valence-electron chi connectivity index (χ3n) is 4.89. The van der Waals surface area contributed by atoms with Crippen LogP contribution in [0.25, 0.3) is 0 Å². The highest BCUT2D eigenvalue weighted by molar-refractivity contribution is 5.62. The summed E-state index contributed by atoms with van der Waals surface area (Å²) < 4.78 is 5.33. The standard InChI is InChI=1S/C17H23N3O/c1-21-15-5-4-14(11-18)16(10-15)20-9-3-7-17(13-20)6-2-8-19-12-17/h4-5,10,19H,2-3,6-9,12-13H2,1H3. The molecule has 1 aromatic rings. The maximum atomic E-state index is 9.38. The van der Waals surface area contributed by atoms with Gasteiger partial charge in [0.05, 0.1) is 18.4 Å². The molecule has 1 N–H and O–H groups in total. The van der Waals surface area contributed by atoms with Gasteiger partial charge in [0, 0.05) is 31.1 Å². The molecule has 2 aliphatic heterocycles. The first-order valence-corrected chi connectivity index (χ1v) is 7.80. The second-order valence-electron chi connectivity index (χ2n) is 6.30. The highest BCUT2D eigenvalue weighted by atomic mass is 16.5. The van der Waals surface area contributed by atoms with Crippen molar-refractivity contribution in [2.75, 3.05) is 38.2 Å². The lowest BCUT2D eigenvalue weighted by molar-refractivity contribution is 0.173. The third-order valence-corrected chi connectivity index (χ3v) is 4.89. The van der Waals surface area contributed by atoms with Crippen LogP contribution in [-0.4, -0.2) is 33.3 Å². The van der Waals surface area contributed by atoms with Gasteiger partial charge in [0.2, 0.25) is 0 Å². The van der Waals surface area contributed by atoms with E-state index in [0.29, 0.717) is 5.41 Å². The molecule has 2 heterocycles. The fourth-order valence-electron chi connectivity index (χ4n) is 3.79. The third kappa shape index (κ3) is 2.84. The normalized spacial score (nSPS) is 25.6. The SMILES string of the molecule is COc1ccc(C#N)c(N2CCCC3(CCCNC3)C2)c1. The van der Waals surface area contributed by atoms with Crippen LogP contribution in [0.1, 0.15) is 31.2 Å². The zero-order chi connectivity index (χ0) is 14.7. The second kappa shape index (κ2) is 5.95. The molecule has 1 spiro atoms. The lowest BCUT2D eigenvalue weighted by Gasteiger charge is -2.46. The van der Waals surface area contributed by atoms with Crippen molar-refractivity contribution in [3.05, 3.63) is 23.8 Å². The Morgan fingerprint density at radius 2 is 2.19 bits per heavy atom. The van der Waals surface area contributed by atoms with Crippen LogP contribution >= 0.6 is 0 Å². The molecule has 2 fully saturated rings. The van der Waals surface area contributed by atoms with Crippen LogP contribution in [0.4, 0.5) is 5.69 Å². The van der Waals surface area contributed by atoms with E-state index in [1.54, 1.807) is 7.11 Å². The molecule has 112 valence electrons. The summed E-state index contributed by atoms with van der Waals surface area (Å²) in [6.45, 7) is 4.32. The molecule has 1 aromatic carbocycles. The number of piperidine rings is 2. The van der Waals surface area contributed by atoms with E-state index in [-0.39, 0.29) is 0 Å². The van der Waals surface area contributed by atoms with Crippen LogP contribution in [-0.2, 0) is 0 Å². The zero-order valence-corrected chi connectivity index (χ0v) is 12.7. The summed E-state index contributed by atoms with van der Waals surface area (Å²) in [5.74, 6) is 0.824. The minimum atomic E-state index is 0.381. The summed E-state index contributed by atoms with van der Waals surface area (Å²) in [7, 11) is 1.67. The van der Waals surface area contributed by atoms with Gasteiger partial charge in [-0.15, -0.1) is 0 Å². The molecule has 21 heavy (non-hydrogen) atoms. The Bertz CT molecular complexity index is 538. The summed E-state index contributed by atoms with van der Waals surface area (Å²) in [5, 5.41) is 12.9. The number of anilines is 1. The second-order valence-corrected chi connectivity index (χ2v) is 6.30. The van der Waals surface area contributed by atoms with Crippen LogP contribution < -0.4 is 15.0 Å². The summed E-state index contributed by atoms with van der Waals surface area (Å²) in [6, 6.07) is 8.07. The lowest BCUT2D eigenvalue weighted by Crippen LogP contribution is -2.51. The van der Waals surface area contributed by atoms with E-state index in [0.717, 1.165) is 43.2 Å². The molecule has 1 atom stereocenters. The average molecular weight is 285 g/mol. The van der Waals surface area contributed by atoms with Gasteiger partial charge in [0.15, 0.2) is 0 Å². The molecule has 4 nitrogen and oxygen atoms in total. The quantitative estimate of drug-likeness (QED) is 0.907. The van der Waals surface area contributed by atoms with Crippen molar-refractivity contribution in [1.29, 1.82) is 5.26 Å². The fourth-order valence-corrected chi connectivity index (χ4v) is 3.79. The topological polar surface area (TPSA) is 48.3 Å². The molecular weight excluding hydrogens is 262 g/mol. The summed E-state index contributed by atoms with van der Waals surface area (Å²) in [5.41, 5.74) is 2.16. The Morgan fingerprint density at radius 3 is 2.90 bits per heavy atom. The summed E-state index contributed by atoms with van der Waals surface area (Å²) >= 11 is 0. The molecule has 2 saturated heterocycles. The van der Waals surface area contributed by atoms with Gasteiger partial charge in [-0.05, 0) is 44.4 Å².